The first-order chi connectivity index (χ1) is 11.7. The first-order valence-electron chi connectivity index (χ1n) is 7.87. The number of rotatable bonds is 3. The molecule has 0 aliphatic carbocycles. The van der Waals surface area contributed by atoms with Gasteiger partial charge in [-0.2, -0.15) is 13.2 Å². The summed E-state index contributed by atoms with van der Waals surface area (Å²) >= 11 is 0. The van der Waals surface area contributed by atoms with Gasteiger partial charge >= 0.3 is 12.2 Å². The number of hydrogen-bond donors (Lipinski definition) is 2. The molecule has 2 rings (SSSR count). The summed E-state index contributed by atoms with van der Waals surface area (Å²) in [4.78, 5) is 37.5. The Hall–Kier alpha value is -2.58. The maximum Gasteiger partial charge on any atom is 0.416 e. The minimum absolute atomic E-state index is 0.00981. The van der Waals surface area contributed by atoms with E-state index in [1.807, 2.05) is 0 Å². The van der Waals surface area contributed by atoms with Gasteiger partial charge in [0, 0.05) is 5.54 Å². The Labute approximate surface area is 148 Å². The second-order valence-electron chi connectivity index (χ2n) is 7.32. The number of nitrogens with one attached hydrogen (secondary N) is 2. The molecule has 0 radical (unpaired) electrons. The molecule has 1 aliphatic rings. The second-order valence-corrected chi connectivity index (χ2v) is 7.32. The molecule has 0 aromatic heterocycles. The van der Waals surface area contributed by atoms with Gasteiger partial charge in [0.15, 0.2) is 0 Å². The molecular formula is C17H20F3N3O3. The van der Waals surface area contributed by atoms with Gasteiger partial charge in [0.2, 0.25) is 5.91 Å². The summed E-state index contributed by atoms with van der Waals surface area (Å²) in [6, 6.07) is 3.35. The molecular weight excluding hydrogens is 351 g/mol. The van der Waals surface area contributed by atoms with E-state index >= 15 is 0 Å². The van der Waals surface area contributed by atoms with Gasteiger partial charge in [-0.05, 0) is 45.4 Å². The molecule has 2 N–H and O–H groups in total. The van der Waals surface area contributed by atoms with E-state index in [9.17, 15) is 27.6 Å². The first-order valence-corrected chi connectivity index (χ1v) is 7.87. The normalized spacial score (nSPS) is 21.0. The van der Waals surface area contributed by atoms with Crippen LogP contribution in [-0.2, 0) is 21.3 Å². The maximum absolute atomic E-state index is 12.9. The van der Waals surface area contributed by atoms with Crippen molar-refractivity contribution in [3.05, 3.63) is 35.4 Å². The van der Waals surface area contributed by atoms with E-state index in [2.05, 4.69) is 10.6 Å². The Morgan fingerprint density at radius 3 is 2.38 bits per heavy atom. The molecule has 1 aromatic carbocycles. The summed E-state index contributed by atoms with van der Waals surface area (Å²) in [6.45, 7) is 6.01. The number of hydrogen-bond acceptors (Lipinski definition) is 3. The molecule has 4 amide bonds. The molecule has 0 bridgehead atoms. The fraction of sp³-hybridized carbons (Fsp3) is 0.471. The smallest absolute Gasteiger partial charge is 0.350 e. The number of imide groups is 1. The van der Waals surface area contributed by atoms with Gasteiger partial charge in [-0.15, -0.1) is 0 Å². The van der Waals surface area contributed by atoms with Gasteiger partial charge in [-0.25, -0.2) is 4.79 Å². The van der Waals surface area contributed by atoms with E-state index in [1.165, 1.54) is 13.0 Å². The quantitative estimate of drug-likeness (QED) is 0.801. The van der Waals surface area contributed by atoms with Crippen LogP contribution in [0.15, 0.2) is 24.3 Å². The number of benzene rings is 1. The summed E-state index contributed by atoms with van der Waals surface area (Å²) in [5, 5.41) is 5.01. The van der Waals surface area contributed by atoms with Gasteiger partial charge < -0.3 is 10.6 Å². The van der Waals surface area contributed by atoms with Gasteiger partial charge in [0.1, 0.15) is 12.1 Å². The van der Waals surface area contributed by atoms with E-state index in [4.69, 9.17) is 0 Å². The average Bonchev–Trinajstić information content (AvgIpc) is 2.69. The van der Waals surface area contributed by atoms with Crippen LogP contribution in [0.1, 0.15) is 38.8 Å². The van der Waals surface area contributed by atoms with Crippen molar-refractivity contribution in [3.63, 3.8) is 0 Å². The molecule has 0 spiro atoms. The SMILES string of the molecule is CC(C)(C)NC(=O)CN1C(=O)N[C@@](C)(c2cccc(C(F)(F)F)c2)C1=O. The minimum atomic E-state index is -4.58. The zero-order chi connectivity index (χ0) is 19.9. The van der Waals surface area contributed by atoms with Crippen molar-refractivity contribution in [2.24, 2.45) is 0 Å². The van der Waals surface area contributed by atoms with Crippen molar-refractivity contribution >= 4 is 17.8 Å². The zero-order valence-corrected chi connectivity index (χ0v) is 14.8. The number of alkyl halides is 3. The number of carbonyl (C=O) groups excluding carboxylic acids is 3. The molecule has 6 nitrogen and oxygen atoms in total. The number of urea groups is 1. The summed E-state index contributed by atoms with van der Waals surface area (Å²) in [5.74, 6) is -1.33. The largest absolute Gasteiger partial charge is 0.416 e. The molecule has 1 atom stereocenters. The molecule has 1 saturated heterocycles. The highest BCUT2D eigenvalue weighted by Crippen LogP contribution is 2.34. The number of nitrogens with zero attached hydrogens (tertiary/aromatic N) is 1. The third kappa shape index (κ3) is 3.97. The summed E-state index contributed by atoms with van der Waals surface area (Å²) in [6.07, 6.45) is -4.58. The van der Waals surface area contributed by atoms with Gasteiger partial charge in [-0.1, -0.05) is 12.1 Å². The molecule has 1 heterocycles. The molecule has 26 heavy (non-hydrogen) atoms. The lowest BCUT2D eigenvalue weighted by molar-refractivity contribution is -0.138. The standard InChI is InChI=1S/C17H20F3N3O3/c1-15(2,3)21-12(24)9-23-13(25)16(4,22-14(23)26)10-6-5-7-11(8-10)17(18,19)20/h5-8H,9H2,1-4H3,(H,21,24)(H,22,26)/t16-/m0/s1. The average molecular weight is 371 g/mol. The maximum atomic E-state index is 12.9. The lowest BCUT2D eigenvalue weighted by Gasteiger charge is -2.24. The summed E-state index contributed by atoms with van der Waals surface area (Å²) in [5.41, 5.74) is -3.17. The zero-order valence-electron chi connectivity index (χ0n) is 14.8. The van der Waals surface area contributed by atoms with Crippen LogP contribution in [0.25, 0.3) is 0 Å². The van der Waals surface area contributed by atoms with E-state index in [0.717, 1.165) is 18.2 Å². The Morgan fingerprint density at radius 2 is 1.85 bits per heavy atom. The van der Waals surface area contributed by atoms with E-state index in [0.29, 0.717) is 4.90 Å². The monoisotopic (exact) mass is 371 g/mol. The Balaban J connectivity index is 2.28. The fourth-order valence-corrected chi connectivity index (χ4v) is 2.64. The van der Waals surface area contributed by atoms with Crippen molar-refractivity contribution in [2.75, 3.05) is 6.54 Å². The van der Waals surface area contributed by atoms with Gasteiger partial charge in [-0.3, -0.25) is 14.5 Å². The molecule has 142 valence electrons. The van der Waals surface area contributed by atoms with E-state index < -0.39 is 47.2 Å². The van der Waals surface area contributed by atoms with Gasteiger partial charge in [0.25, 0.3) is 5.91 Å². The minimum Gasteiger partial charge on any atom is -0.350 e. The molecule has 1 fully saturated rings. The van der Waals surface area contributed by atoms with E-state index in [1.54, 1.807) is 20.8 Å². The van der Waals surface area contributed by atoms with Crippen LogP contribution in [0, 0.1) is 0 Å². The van der Waals surface area contributed by atoms with Crippen LogP contribution in [0.4, 0.5) is 18.0 Å². The third-order valence-electron chi connectivity index (χ3n) is 3.86. The predicted molar refractivity (Wildman–Crippen MR) is 86.9 cm³/mol. The Bertz CT molecular complexity index is 756. The van der Waals surface area contributed by atoms with E-state index in [-0.39, 0.29) is 5.56 Å². The molecule has 0 unspecified atom stereocenters. The Morgan fingerprint density at radius 1 is 1.23 bits per heavy atom. The van der Waals surface area contributed by atoms with Crippen molar-refractivity contribution in [3.8, 4) is 0 Å². The third-order valence-corrected chi connectivity index (χ3v) is 3.86. The highest BCUT2D eigenvalue weighted by atomic mass is 19.4. The van der Waals surface area contributed by atoms with Crippen molar-refractivity contribution < 1.29 is 27.6 Å². The summed E-state index contributed by atoms with van der Waals surface area (Å²) in [7, 11) is 0. The van der Waals surface area contributed by atoms with Crippen LogP contribution in [0.2, 0.25) is 0 Å². The van der Waals surface area contributed by atoms with Crippen LogP contribution in [0.3, 0.4) is 0 Å². The number of halogens is 3. The highest BCUT2D eigenvalue weighted by Gasteiger charge is 2.50. The molecule has 1 aromatic rings. The molecule has 9 heteroatoms. The molecule has 1 aliphatic heterocycles. The van der Waals surface area contributed by atoms with Gasteiger partial charge in [0.05, 0.1) is 5.56 Å². The number of carbonyl (C=O) groups is 3. The topological polar surface area (TPSA) is 78.5 Å². The highest BCUT2D eigenvalue weighted by molar-refractivity contribution is 6.09. The lowest BCUT2D eigenvalue weighted by Crippen LogP contribution is -2.48. The lowest BCUT2D eigenvalue weighted by atomic mass is 9.90. The van der Waals surface area contributed by atoms with Crippen molar-refractivity contribution in [1.82, 2.24) is 15.5 Å². The molecule has 0 saturated carbocycles. The fourth-order valence-electron chi connectivity index (χ4n) is 2.64. The Kier molecular flexibility index (Phi) is 4.78. The van der Waals surface area contributed by atoms with Crippen LogP contribution >= 0.6 is 0 Å². The van der Waals surface area contributed by atoms with Crippen molar-refractivity contribution in [1.29, 1.82) is 0 Å². The predicted octanol–water partition coefficient (Wildman–Crippen LogP) is 2.39. The van der Waals surface area contributed by atoms with Crippen molar-refractivity contribution in [2.45, 2.75) is 44.9 Å². The van der Waals surface area contributed by atoms with Crippen LogP contribution < -0.4 is 10.6 Å². The number of amides is 4. The van der Waals surface area contributed by atoms with Crippen LogP contribution in [0.5, 0.6) is 0 Å². The second kappa shape index (κ2) is 6.30. The summed E-state index contributed by atoms with van der Waals surface area (Å²) < 4.78 is 38.8. The first kappa shape index (κ1) is 19.7. The van der Waals surface area contributed by atoms with Crippen LogP contribution in [-0.4, -0.2) is 34.8 Å².